The van der Waals surface area contributed by atoms with E-state index < -0.39 is 16.9 Å². The number of rotatable bonds is 8. The maximum absolute atomic E-state index is 12.1. The summed E-state index contributed by atoms with van der Waals surface area (Å²) in [5.41, 5.74) is 1.02. The first-order valence-electron chi connectivity index (χ1n) is 7.59. The highest BCUT2D eigenvalue weighted by atomic mass is 28.4. The standard InChI is InChI=1S/C15H32O3Si2/c1-10-13(5)20(14(6)11-2,18-19(7,8)9)17-15(16)12(3)4/h13-14H,3,10-11H2,1-2,4-9H3. The lowest BCUT2D eigenvalue weighted by Crippen LogP contribution is -2.56. The van der Waals surface area contributed by atoms with E-state index in [4.69, 9.17) is 8.54 Å². The van der Waals surface area contributed by atoms with Crippen molar-refractivity contribution in [3.63, 3.8) is 0 Å². The summed E-state index contributed by atoms with van der Waals surface area (Å²) in [6, 6.07) is 0. The maximum Gasteiger partial charge on any atom is 0.397 e. The van der Waals surface area contributed by atoms with Crippen LogP contribution in [0.3, 0.4) is 0 Å². The Hall–Kier alpha value is -0.396. The van der Waals surface area contributed by atoms with E-state index in [1.807, 2.05) is 0 Å². The average molecular weight is 317 g/mol. The molecule has 0 aliphatic rings. The van der Waals surface area contributed by atoms with Crippen LogP contribution in [-0.4, -0.2) is 22.8 Å². The highest BCUT2D eigenvalue weighted by molar-refractivity contribution is 6.84. The van der Waals surface area contributed by atoms with Gasteiger partial charge in [0, 0.05) is 16.7 Å². The van der Waals surface area contributed by atoms with Crippen molar-refractivity contribution in [2.75, 3.05) is 0 Å². The summed E-state index contributed by atoms with van der Waals surface area (Å²) >= 11 is 0. The third-order valence-electron chi connectivity index (χ3n) is 3.66. The number of carbonyl (C=O) groups is 1. The summed E-state index contributed by atoms with van der Waals surface area (Å²) in [6.07, 6.45) is 1.93. The van der Waals surface area contributed by atoms with Crippen molar-refractivity contribution >= 4 is 22.8 Å². The molecule has 5 heteroatoms. The van der Waals surface area contributed by atoms with Crippen molar-refractivity contribution in [3.05, 3.63) is 12.2 Å². The highest BCUT2D eigenvalue weighted by Gasteiger charge is 2.52. The molecule has 0 rings (SSSR count). The van der Waals surface area contributed by atoms with E-state index in [-0.39, 0.29) is 17.1 Å². The molecule has 0 heterocycles. The van der Waals surface area contributed by atoms with Crippen LogP contribution in [-0.2, 0) is 13.3 Å². The molecule has 0 amide bonds. The first kappa shape index (κ1) is 19.6. The summed E-state index contributed by atoms with van der Waals surface area (Å²) in [4.78, 5) is 12.1. The van der Waals surface area contributed by atoms with Crippen molar-refractivity contribution in [1.29, 1.82) is 0 Å². The SMILES string of the molecule is C=C(C)C(=O)O[Si](O[Si](C)(C)C)(C(C)CC)C(C)CC. The minimum absolute atomic E-state index is 0.285. The van der Waals surface area contributed by atoms with Crippen LogP contribution in [0.15, 0.2) is 12.2 Å². The molecule has 0 aromatic heterocycles. The Kier molecular flexibility index (Phi) is 7.42. The van der Waals surface area contributed by atoms with Crippen LogP contribution in [0.5, 0.6) is 0 Å². The van der Waals surface area contributed by atoms with Crippen molar-refractivity contribution < 1.29 is 13.3 Å². The molecule has 0 fully saturated rings. The second kappa shape index (κ2) is 7.57. The minimum Gasteiger partial charge on any atom is -0.491 e. The zero-order valence-electron chi connectivity index (χ0n) is 14.5. The summed E-state index contributed by atoms with van der Waals surface area (Å²) in [5.74, 6) is -0.296. The van der Waals surface area contributed by atoms with E-state index in [0.717, 1.165) is 12.8 Å². The Morgan fingerprint density at radius 3 is 1.75 bits per heavy atom. The van der Waals surface area contributed by atoms with Gasteiger partial charge in [-0.1, -0.05) is 47.1 Å². The molecule has 118 valence electrons. The van der Waals surface area contributed by atoms with Gasteiger partial charge in [-0.25, -0.2) is 4.79 Å². The molecule has 0 aliphatic carbocycles. The van der Waals surface area contributed by atoms with E-state index in [0.29, 0.717) is 5.57 Å². The monoisotopic (exact) mass is 316 g/mol. The van der Waals surface area contributed by atoms with Gasteiger partial charge in [-0.3, -0.25) is 0 Å². The number of hydrogen-bond donors (Lipinski definition) is 0. The molecule has 2 unspecified atom stereocenters. The molecule has 0 saturated carbocycles. The fourth-order valence-electron chi connectivity index (χ4n) is 2.19. The molecule has 0 bridgehead atoms. The van der Waals surface area contributed by atoms with Crippen LogP contribution in [0.2, 0.25) is 30.7 Å². The molecule has 0 aromatic rings. The normalized spacial score (nSPS) is 18.0. The first-order chi connectivity index (χ1) is 9.00. The molecule has 0 aromatic carbocycles. The largest absolute Gasteiger partial charge is 0.491 e. The Labute approximate surface area is 127 Å². The lowest BCUT2D eigenvalue weighted by Gasteiger charge is -2.43. The summed E-state index contributed by atoms with van der Waals surface area (Å²) in [5, 5.41) is 0. The van der Waals surface area contributed by atoms with Gasteiger partial charge < -0.3 is 8.54 Å². The third kappa shape index (κ3) is 5.18. The Morgan fingerprint density at radius 1 is 1.10 bits per heavy atom. The van der Waals surface area contributed by atoms with Gasteiger partial charge in [0.2, 0.25) is 0 Å². The van der Waals surface area contributed by atoms with Crippen LogP contribution in [0.25, 0.3) is 0 Å². The summed E-state index contributed by atoms with van der Waals surface area (Å²) in [7, 11) is -4.41. The molecule has 0 saturated heterocycles. The van der Waals surface area contributed by atoms with Crippen LogP contribution < -0.4 is 0 Å². The first-order valence-corrected chi connectivity index (χ1v) is 13.0. The van der Waals surface area contributed by atoms with Gasteiger partial charge in [-0.05, 0) is 26.6 Å². The van der Waals surface area contributed by atoms with E-state index >= 15 is 0 Å². The fourth-order valence-corrected chi connectivity index (χ4v) is 10.8. The Bertz CT molecular complexity index is 338. The van der Waals surface area contributed by atoms with Crippen LogP contribution in [0.4, 0.5) is 0 Å². The minimum atomic E-state index is -2.61. The Morgan fingerprint density at radius 2 is 1.50 bits per heavy atom. The highest BCUT2D eigenvalue weighted by Crippen LogP contribution is 2.41. The molecular weight excluding hydrogens is 284 g/mol. The van der Waals surface area contributed by atoms with Gasteiger partial charge in [0.05, 0.1) is 0 Å². The predicted molar refractivity (Wildman–Crippen MR) is 90.5 cm³/mol. The van der Waals surface area contributed by atoms with E-state index in [1.54, 1.807) is 6.92 Å². The van der Waals surface area contributed by atoms with Crippen LogP contribution >= 0.6 is 0 Å². The quantitative estimate of drug-likeness (QED) is 0.467. The van der Waals surface area contributed by atoms with E-state index in [9.17, 15) is 4.79 Å². The van der Waals surface area contributed by atoms with Gasteiger partial charge in [-0.15, -0.1) is 0 Å². The molecular formula is C15H32O3Si2. The Balaban J connectivity index is 5.66. The van der Waals surface area contributed by atoms with Gasteiger partial charge in [-0.2, -0.15) is 0 Å². The van der Waals surface area contributed by atoms with Crippen LogP contribution in [0, 0.1) is 0 Å². The van der Waals surface area contributed by atoms with Crippen molar-refractivity contribution in [1.82, 2.24) is 0 Å². The van der Waals surface area contributed by atoms with Gasteiger partial charge in [0.15, 0.2) is 8.32 Å². The molecule has 2 atom stereocenters. The van der Waals surface area contributed by atoms with Gasteiger partial charge in [0.1, 0.15) is 0 Å². The van der Waals surface area contributed by atoms with Crippen molar-refractivity contribution in [2.45, 2.75) is 78.2 Å². The van der Waals surface area contributed by atoms with Gasteiger partial charge in [0.25, 0.3) is 0 Å². The van der Waals surface area contributed by atoms with E-state index in [2.05, 4.69) is 53.9 Å². The molecule has 3 nitrogen and oxygen atoms in total. The summed E-state index contributed by atoms with van der Waals surface area (Å²) < 4.78 is 12.5. The maximum atomic E-state index is 12.1. The molecule has 0 aliphatic heterocycles. The summed E-state index contributed by atoms with van der Waals surface area (Å²) in [6.45, 7) is 20.5. The molecule has 0 N–H and O–H groups in total. The zero-order valence-corrected chi connectivity index (χ0v) is 16.5. The number of carbonyl (C=O) groups excluding carboxylic acids is 1. The predicted octanol–water partition coefficient (Wildman–Crippen LogP) is 5.00. The molecule has 0 radical (unpaired) electrons. The lowest BCUT2D eigenvalue weighted by atomic mass is 10.3. The molecule has 0 spiro atoms. The molecule has 20 heavy (non-hydrogen) atoms. The van der Waals surface area contributed by atoms with Crippen molar-refractivity contribution in [2.24, 2.45) is 0 Å². The third-order valence-corrected chi connectivity index (χ3v) is 11.5. The topological polar surface area (TPSA) is 35.5 Å². The van der Waals surface area contributed by atoms with Crippen molar-refractivity contribution in [3.8, 4) is 0 Å². The average Bonchev–Trinajstić information content (AvgIpc) is 2.33. The second-order valence-electron chi connectivity index (χ2n) is 6.72. The number of hydrogen-bond acceptors (Lipinski definition) is 3. The zero-order chi connectivity index (χ0) is 16.1. The van der Waals surface area contributed by atoms with E-state index in [1.165, 1.54) is 0 Å². The lowest BCUT2D eigenvalue weighted by molar-refractivity contribution is -0.132. The smallest absolute Gasteiger partial charge is 0.397 e. The second-order valence-corrected chi connectivity index (χ2v) is 15.4. The van der Waals surface area contributed by atoms with Gasteiger partial charge >= 0.3 is 14.5 Å². The van der Waals surface area contributed by atoms with Crippen LogP contribution in [0.1, 0.15) is 47.5 Å². The fraction of sp³-hybridized carbons (Fsp3) is 0.800.